The molecule has 0 aliphatic rings. The zero-order chi connectivity index (χ0) is 16.9. The lowest BCUT2D eigenvalue weighted by atomic mass is 10.2. The zero-order valence-corrected chi connectivity index (χ0v) is 14.8. The third-order valence-electron chi connectivity index (χ3n) is 3.28. The fraction of sp³-hybridized carbons (Fsp3) is 0.118. The quantitative estimate of drug-likeness (QED) is 0.712. The van der Waals surface area contributed by atoms with Gasteiger partial charge in [0.1, 0.15) is 5.01 Å². The highest BCUT2D eigenvalue weighted by atomic mass is 35.5. The van der Waals surface area contributed by atoms with Gasteiger partial charge in [-0.3, -0.25) is 9.78 Å². The number of nitrogens with one attached hydrogen (secondary N) is 1. The summed E-state index contributed by atoms with van der Waals surface area (Å²) in [6.07, 6.45) is 2.38. The van der Waals surface area contributed by atoms with Crippen LogP contribution < -0.4 is 5.32 Å². The molecular weight excluding hydrogens is 365 g/mol. The number of nitrogens with zero attached hydrogens (tertiary/aromatic N) is 2. The van der Waals surface area contributed by atoms with Crippen LogP contribution in [0.2, 0.25) is 10.0 Å². The van der Waals surface area contributed by atoms with E-state index in [-0.39, 0.29) is 5.91 Å². The summed E-state index contributed by atoms with van der Waals surface area (Å²) in [6.45, 7) is 0.475. The molecule has 0 unspecified atom stereocenters. The molecule has 0 spiro atoms. The molecule has 1 amide bonds. The van der Waals surface area contributed by atoms with E-state index in [9.17, 15) is 4.79 Å². The molecule has 0 atom stereocenters. The largest absolute Gasteiger partial charge is 0.352 e. The van der Waals surface area contributed by atoms with Gasteiger partial charge in [0.15, 0.2) is 0 Å². The van der Waals surface area contributed by atoms with Crippen molar-refractivity contribution < 1.29 is 4.79 Å². The minimum absolute atomic E-state index is 0.225. The van der Waals surface area contributed by atoms with Crippen LogP contribution in [0.4, 0.5) is 0 Å². The molecule has 2 aromatic heterocycles. The predicted molar refractivity (Wildman–Crippen MR) is 97.8 cm³/mol. The SMILES string of the molecule is O=C(NCCc1csc(-c2ccccn2)n1)c1ccc(Cl)cc1Cl. The molecule has 3 aromatic rings. The van der Waals surface area contributed by atoms with Gasteiger partial charge in [0.05, 0.1) is 22.0 Å². The molecule has 1 N–H and O–H groups in total. The first-order chi connectivity index (χ1) is 11.6. The predicted octanol–water partition coefficient (Wildman–Crippen LogP) is 4.48. The lowest BCUT2D eigenvalue weighted by molar-refractivity contribution is 0.0954. The first-order valence-electron chi connectivity index (χ1n) is 7.22. The van der Waals surface area contributed by atoms with Gasteiger partial charge in [0.25, 0.3) is 5.91 Å². The zero-order valence-electron chi connectivity index (χ0n) is 12.5. The van der Waals surface area contributed by atoms with Gasteiger partial charge in [0, 0.05) is 29.6 Å². The highest BCUT2D eigenvalue weighted by molar-refractivity contribution is 7.13. The van der Waals surface area contributed by atoms with E-state index < -0.39 is 0 Å². The van der Waals surface area contributed by atoms with Crippen LogP contribution in [0.25, 0.3) is 10.7 Å². The molecule has 0 saturated carbocycles. The van der Waals surface area contributed by atoms with Crippen molar-refractivity contribution in [3.05, 3.63) is 69.3 Å². The molecule has 0 aliphatic carbocycles. The van der Waals surface area contributed by atoms with E-state index in [0.29, 0.717) is 28.6 Å². The average molecular weight is 378 g/mol. The number of pyridine rings is 1. The maximum absolute atomic E-state index is 12.1. The smallest absolute Gasteiger partial charge is 0.252 e. The van der Waals surface area contributed by atoms with Crippen molar-refractivity contribution in [2.75, 3.05) is 6.54 Å². The van der Waals surface area contributed by atoms with Crippen molar-refractivity contribution in [2.45, 2.75) is 6.42 Å². The van der Waals surface area contributed by atoms with Crippen molar-refractivity contribution >= 4 is 40.4 Å². The van der Waals surface area contributed by atoms with Crippen LogP contribution >= 0.6 is 34.5 Å². The van der Waals surface area contributed by atoms with E-state index in [1.165, 1.54) is 11.3 Å². The number of carbonyl (C=O) groups excluding carboxylic acids is 1. The maximum atomic E-state index is 12.1. The van der Waals surface area contributed by atoms with E-state index in [4.69, 9.17) is 23.2 Å². The van der Waals surface area contributed by atoms with Crippen LogP contribution in [0.5, 0.6) is 0 Å². The van der Waals surface area contributed by atoms with Gasteiger partial charge >= 0.3 is 0 Å². The minimum Gasteiger partial charge on any atom is -0.352 e. The Labute approximate surface area is 153 Å². The summed E-state index contributed by atoms with van der Waals surface area (Å²) in [5, 5.41) is 6.53. The fourth-order valence-corrected chi connectivity index (χ4v) is 3.43. The van der Waals surface area contributed by atoms with Crippen molar-refractivity contribution in [1.82, 2.24) is 15.3 Å². The van der Waals surface area contributed by atoms with Gasteiger partial charge in [0.2, 0.25) is 0 Å². The second kappa shape index (κ2) is 7.75. The monoisotopic (exact) mass is 377 g/mol. The Morgan fingerprint density at radius 1 is 1.21 bits per heavy atom. The molecule has 7 heteroatoms. The van der Waals surface area contributed by atoms with Gasteiger partial charge in [-0.2, -0.15) is 0 Å². The Morgan fingerprint density at radius 3 is 2.83 bits per heavy atom. The number of aromatic nitrogens is 2. The van der Waals surface area contributed by atoms with Gasteiger partial charge in [-0.1, -0.05) is 29.3 Å². The first-order valence-corrected chi connectivity index (χ1v) is 8.86. The summed E-state index contributed by atoms with van der Waals surface area (Å²) in [5.41, 5.74) is 2.18. The minimum atomic E-state index is -0.225. The van der Waals surface area contributed by atoms with Crippen LogP contribution in [0.15, 0.2) is 48.0 Å². The molecule has 122 valence electrons. The molecule has 2 heterocycles. The van der Waals surface area contributed by atoms with Crippen LogP contribution in [0.3, 0.4) is 0 Å². The molecule has 24 heavy (non-hydrogen) atoms. The molecule has 3 rings (SSSR count). The molecule has 4 nitrogen and oxygen atoms in total. The summed E-state index contributed by atoms with van der Waals surface area (Å²) >= 11 is 13.4. The lowest BCUT2D eigenvalue weighted by Crippen LogP contribution is -2.26. The third kappa shape index (κ3) is 4.12. The Kier molecular flexibility index (Phi) is 5.45. The summed E-state index contributed by atoms with van der Waals surface area (Å²) < 4.78 is 0. The Hall–Kier alpha value is -1.95. The number of hydrogen-bond acceptors (Lipinski definition) is 4. The average Bonchev–Trinajstić information content (AvgIpc) is 3.04. The Morgan fingerprint density at radius 2 is 2.08 bits per heavy atom. The third-order valence-corrected chi connectivity index (χ3v) is 4.74. The van der Waals surface area contributed by atoms with E-state index in [0.717, 1.165) is 16.4 Å². The summed E-state index contributed by atoms with van der Waals surface area (Å²) in [7, 11) is 0. The number of halogens is 2. The summed E-state index contributed by atoms with van der Waals surface area (Å²) in [4.78, 5) is 20.9. The maximum Gasteiger partial charge on any atom is 0.252 e. The van der Waals surface area contributed by atoms with Crippen molar-refractivity contribution in [3.63, 3.8) is 0 Å². The number of rotatable bonds is 5. The van der Waals surface area contributed by atoms with Gasteiger partial charge in [-0.05, 0) is 30.3 Å². The van der Waals surface area contributed by atoms with Crippen LogP contribution in [-0.2, 0) is 6.42 Å². The summed E-state index contributed by atoms with van der Waals surface area (Å²) in [6, 6.07) is 10.5. The lowest BCUT2D eigenvalue weighted by Gasteiger charge is -2.06. The highest BCUT2D eigenvalue weighted by Gasteiger charge is 2.11. The molecule has 0 saturated heterocycles. The normalized spacial score (nSPS) is 10.6. The molecular formula is C17H13Cl2N3OS. The Bertz CT molecular complexity index is 852. The van der Waals surface area contributed by atoms with Crippen LogP contribution in [0, 0.1) is 0 Å². The van der Waals surface area contributed by atoms with Crippen molar-refractivity contribution in [3.8, 4) is 10.7 Å². The highest BCUT2D eigenvalue weighted by Crippen LogP contribution is 2.22. The van der Waals surface area contributed by atoms with E-state index in [2.05, 4.69) is 15.3 Å². The van der Waals surface area contributed by atoms with E-state index in [1.807, 2.05) is 23.6 Å². The number of benzene rings is 1. The second-order valence-electron chi connectivity index (χ2n) is 4.99. The number of hydrogen-bond donors (Lipinski definition) is 1. The number of amides is 1. The molecule has 0 fully saturated rings. The summed E-state index contributed by atoms with van der Waals surface area (Å²) in [5.74, 6) is -0.225. The molecule has 0 bridgehead atoms. The molecule has 1 aromatic carbocycles. The van der Waals surface area contributed by atoms with Gasteiger partial charge in [-0.25, -0.2) is 4.98 Å². The van der Waals surface area contributed by atoms with Crippen molar-refractivity contribution in [1.29, 1.82) is 0 Å². The first kappa shape index (κ1) is 16.9. The van der Waals surface area contributed by atoms with Crippen molar-refractivity contribution in [2.24, 2.45) is 0 Å². The van der Waals surface area contributed by atoms with Gasteiger partial charge in [-0.15, -0.1) is 11.3 Å². The second-order valence-corrected chi connectivity index (χ2v) is 6.69. The van der Waals surface area contributed by atoms with Gasteiger partial charge < -0.3 is 5.32 Å². The molecule has 0 radical (unpaired) electrons. The van der Waals surface area contributed by atoms with E-state index >= 15 is 0 Å². The fourth-order valence-electron chi connectivity index (χ4n) is 2.10. The standard InChI is InChI=1S/C17H13Cl2N3OS/c18-11-4-5-13(14(19)9-11)16(23)21-8-6-12-10-24-17(22-12)15-3-1-2-7-20-15/h1-5,7,9-10H,6,8H2,(H,21,23). The van der Waals surface area contributed by atoms with Crippen LogP contribution in [-0.4, -0.2) is 22.4 Å². The Balaban J connectivity index is 1.57. The number of thiazole rings is 1. The number of carbonyl (C=O) groups is 1. The van der Waals surface area contributed by atoms with E-state index in [1.54, 1.807) is 24.4 Å². The topological polar surface area (TPSA) is 54.9 Å². The van der Waals surface area contributed by atoms with Crippen LogP contribution in [0.1, 0.15) is 16.1 Å². The molecule has 0 aliphatic heterocycles.